The minimum atomic E-state index is -0.760. The Hall–Kier alpha value is -1.59. The fourth-order valence-corrected chi connectivity index (χ4v) is 7.57. The molecule has 0 saturated heterocycles. The van der Waals surface area contributed by atoms with Gasteiger partial charge in [0.2, 0.25) is 0 Å². The molecule has 57 heavy (non-hydrogen) atoms. The predicted molar refractivity (Wildman–Crippen MR) is 243 cm³/mol. The van der Waals surface area contributed by atoms with Crippen LogP contribution in [0.5, 0.6) is 0 Å². The van der Waals surface area contributed by atoms with Crippen LogP contribution in [0.4, 0.5) is 0 Å². The monoisotopic (exact) mass is 807 g/mol. The molecule has 0 bridgehead atoms. The molecule has 6 heteroatoms. The van der Waals surface area contributed by atoms with Crippen molar-refractivity contribution in [3.05, 3.63) is 0 Å². The van der Waals surface area contributed by atoms with Crippen molar-refractivity contribution in [2.75, 3.05) is 13.2 Å². The highest BCUT2D eigenvalue weighted by Crippen LogP contribution is 2.18. The lowest BCUT2D eigenvalue weighted by Gasteiger charge is -2.18. The smallest absolute Gasteiger partial charge is 0.306 e. The van der Waals surface area contributed by atoms with Gasteiger partial charge >= 0.3 is 17.9 Å². The summed E-state index contributed by atoms with van der Waals surface area (Å²) in [4.78, 5) is 37.7. The minimum absolute atomic E-state index is 0.0645. The van der Waals surface area contributed by atoms with E-state index in [0.29, 0.717) is 19.3 Å². The third-order valence-corrected chi connectivity index (χ3v) is 12.2. The zero-order valence-corrected chi connectivity index (χ0v) is 39.0. The fraction of sp³-hybridized carbons (Fsp3) is 0.941. The molecule has 6 nitrogen and oxygen atoms in total. The predicted octanol–water partition coefficient (Wildman–Crippen LogP) is 16.1. The van der Waals surface area contributed by atoms with E-state index in [1.54, 1.807) is 0 Å². The molecular weight excluding hydrogens is 709 g/mol. The molecule has 0 spiro atoms. The summed E-state index contributed by atoms with van der Waals surface area (Å²) in [6.07, 6.45) is 43.7. The maximum Gasteiger partial charge on any atom is 0.306 e. The molecule has 0 heterocycles. The highest BCUT2D eigenvalue weighted by molar-refractivity contribution is 5.71. The van der Waals surface area contributed by atoms with E-state index >= 15 is 0 Å². The molecule has 0 rings (SSSR count). The largest absolute Gasteiger partial charge is 0.462 e. The molecule has 0 radical (unpaired) electrons. The van der Waals surface area contributed by atoms with Gasteiger partial charge in [-0.1, -0.05) is 240 Å². The Morgan fingerprint density at radius 1 is 0.351 bits per heavy atom. The summed E-state index contributed by atoms with van der Waals surface area (Å²) in [7, 11) is 0. The number of hydrogen-bond donors (Lipinski definition) is 0. The molecule has 0 amide bonds. The van der Waals surface area contributed by atoms with Gasteiger partial charge in [-0.25, -0.2) is 0 Å². The molecule has 0 aromatic heterocycles. The number of carbonyl (C=O) groups excluding carboxylic acids is 3. The molecule has 338 valence electrons. The average Bonchev–Trinajstić information content (AvgIpc) is 3.21. The molecule has 0 aliphatic rings. The normalized spacial score (nSPS) is 13.0. The summed E-state index contributed by atoms with van der Waals surface area (Å²) < 4.78 is 16.7. The van der Waals surface area contributed by atoms with Crippen LogP contribution in [-0.4, -0.2) is 37.2 Å². The third kappa shape index (κ3) is 42.3. The molecule has 0 aromatic rings. The van der Waals surface area contributed by atoms with Crippen LogP contribution in [0, 0.1) is 11.8 Å². The Morgan fingerprint density at radius 3 is 0.912 bits per heavy atom. The first-order valence-corrected chi connectivity index (χ1v) is 25.3. The summed E-state index contributed by atoms with van der Waals surface area (Å²) in [6, 6.07) is 0. The lowest BCUT2D eigenvalue weighted by Crippen LogP contribution is -2.30. The van der Waals surface area contributed by atoms with Crippen molar-refractivity contribution in [1.29, 1.82) is 0 Å². The average molecular weight is 807 g/mol. The number of ether oxygens (including phenoxy) is 3. The van der Waals surface area contributed by atoms with Crippen LogP contribution in [0.1, 0.15) is 279 Å². The standard InChI is InChI=1S/C51H98O6/c1-6-9-10-11-24-31-36-41-49(52)55-44-48(45-56-50(53)42-37-32-27-22-19-18-21-26-30-35-40-47(5)8-3)57-51(54)43-38-33-28-23-17-15-13-12-14-16-20-25-29-34-39-46(4)7-2/h46-48H,6-45H2,1-5H3/t46?,47?,48-/m0/s1. The molecule has 0 aliphatic heterocycles. The molecule has 2 unspecified atom stereocenters. The van der Waals surface area contributed by atoms with Gasteiger partial charge in [0.05, 0.1) is 0 Å². The van der Waals surface area contributed by atoms with E-state index in [9.17, 15) is 14.4 Å². The number of esters is 3. The summed E-state index contributed by atoms with van der Waals surface area (Å²) in [5, 5.41) is 0. The minimum Gasteiger partial charge on any atom is -0.462 e. The van der Waals surface area contributed by atoms with E-state index in [4.69, 9.17) is 14.2 Å². The Kier molecular flexibility index (Phi) is 42.7. The van der Waals surface area contributed by atoms with Crippen LogP contribution in [0.15, 0.2) is 0 Å². The van der Waals surface area contributed by atoms with Gasteiger partial charge in [-0.3, -0.25) is 14.4 Å². The van der Waals surface area contributed by atoms with E-state index in [1.807, 2.05) is 0 Å². The Balaban J connectivity index is 4.22. The van der Waals surface area contributed by atoms with Gasteiger partial charge in [-0.2, -0.15) is 0 Å². The Morgan fingerprint density at radius 2 is 0.614 bits per heavy atom. The van der Waals surface area contributed by atoms with E-state index in [1.165, 1.54) is 167 Å². The van der Waals surface area contributed by atoms with Crippen molar-refractivity contribution in [3.8, 4) is 0 Å². The first-order chi connectivity index (χ1) is 27.8. The topological polar surface area (TPSA) is 78.9 Å². The summed E-state index contributed by atoms with van der Waals surface area (Å²) >= 11 is 0. The number of unbranched alkanes of at least 4 members (excludes halogenated alkanes) is 28. The van der Waals surface area contributed by atoms with Crippen molar-refractivity contribution < 1.29 is 28.6 Å². The zero-order valence-electron chi connectivity index (χ0n) is 39.0. The Labute approximate surface area is 355 Å². The van der Waals surface area contributed by atoms with E-state index in [0.717, 1.165) is 69.6 Å². The maximum atomic E-state index is 12.8. The highest BCUT2D eigenvalue weighted by atomic mass is 16.6. The van der Waals surface area contributed by atoms with Crippen molar-refractivity contribution >= 4 is 17.9 Å². The fourth-order valence-electron chi connectivity index (χ4n) is 7.57. The van der Waals surface area contributed by atoms with Crippen LogP contribution >= 0.6 is 0 Å². The number of rotatable bonds is 45. The second-order valence-electron chi connectivity index (χ2n) is 17.9. The number of hydrogen-bond acceptors (Lipinski definition) is 6. The summed E-state index contributed by atoms with van der Waals surface area (Å²) in [5.41, 5.74) is 0. The van der Waals surface area contributed by atoms with Gasteiger partial charge in [0.25, 0.3) is 0 Å². The van der Waals surface area contributed by atoms with Crippen molar-refractivity contribution in [3.63, 3.8) is 0 Å². The van der Waals surface area contributed by atoms with Crippen molar-refractivity contribution in [2.24, 2.45) is 11.8 Å². The summed E-state index contributed by atoms with van der Waals surface area (Å²) in [6.45, 7) is 11.4. The molecular formula is C51H98O6. The van der Waals surface area contributed by atoms with Crippen LogP contribution in [-0.2, 0) is 28.6 Å². The number of carbonyl (C=O) groups is 3. The molecule has 0 saturated carbocycles. The van der Waals surface area contributed by atoms with Gasteiger partial charge < -0.3 is 14.2 Å². The van der Waals surface area contributed by atoms with E-state index < -0.39 is 6.10 Å². The first-order valence-electron chi connectivity index (χ1n) is 25.3. The molecule has 0 aromatic carbocycles. The lowest BCUT2D eigenvalue weighted by atomic mass is 9.99. The van der Waals surface area contributed by atoms with Crippen LogP contribution < -0.4 is 0 Å². The Bertz CT molecular complexity index is 874. The van der Waals surface area contributed by atoms with E-state index in [-0.39, 0.29) is 31.1 Å². The maximum absolute atomic E-state index is 12.8. The molecule has 0 N–H and O–H groups in total. The van der Waals surface area contributed by atoms with Crippen molar-refractivity contribution in [1.82, 2.24) is 0 Å². The highest BCUT2D eigenvalue weighted by Gasteiger charge is 2.19. The van der Waals surface area contributed by atoms with Gasteiger partial charge in [0.1, 0.15) is 13.2 Å². The second kappa shape index (κ2) is 44.0. The molecule has 0 fully saturated rings. The van der Waals surface area contributed by atoms with Crippen LogP contribution in [0.25, 0.3) is 0 Å². The SMILES string of the molecule is CCCCCCCCCC(=O)OC[C@@H](COC(=O)CCCCCCCCCCCCC(C)CC)OC(=O)CCCCCCCCCCCCCCCCC(C)CC. The van der Waals surface area contributed by atoms with Gasteiger partial charge in [0.15, 0.2) is 6.10 Å². The third-order valence-electron chi connectivity index (χ3n) is 12.2. The van der Waals surface area contributed by atoms with Gasteiger partial charge in [-0.05, 0) is 31.1 Å². The van der Waals surface area contributed by atoms with Gasteiger partial charge in [0, 0.05) is 19.3 Å². The lowest BCUT2D eigenvalue weighted by molar-refractivity contribution is -0.167. The van der Waals surface area contributed by atoms with Gasteiger partial charge in [-0.15, -0.1) is 0 Å². The second-order valence-corrected chi connectivity index (χ2v) is 17.9. The molecule has 0 aliphatic carbocycles. The van der Waals surface area contributed by atoms with Crippen LogP contribution in [0.2, 0.25) is 0 Å². The summed E-state index contributed by atoms with van der Waals surface area (Å²) in [5.74, 6) is 0.908. The quantitative estimate of drug-likeness (QED) is 0.0346. The van der Waals surface area contributed by atoms with E-state index in [2.05, 4.69) is 34.6 Å². The van der Waals surface area contributed by atoms with Crippen LogP contribution in [0.3, 0.4) is 0 Å². The zero-order chi connectivity index (χ0) is 41.9. The first kappa shape index (κ1) is 55.4. The molecule has 3 atom stereocenters. The van der Waals surface area contributed by atoms with Crippen molar-refractivity contribution in [2.45, 2.75) is 285 Å².